The summed E-state index contributed by atoms with van der Waals surface area (Å²) in [6, 6.07) is 9.73. The standard InChI is InChI=1S/C12H9ClFNO/c13-12-6-5-9(7-15-12)8-16-11-4-2-1-3-10(11)14/h1-7H,8H2. The SMILES string of the molecule is Fc1ccccc1OCc1ccc(Cl)nc1. The quantitative estimate of drug-likeness (QED) is 0.763. The second-order valence-corrected chi connectivity index (χ2v) is 3.60. The molecule has 0 spiro atoms. The van der Waals surface area contributed by atoms with E-state index in [1.165, 1.54) is 6.07 Å². The minimum absolute atomic E-state index is 0.234. The molecule has 0 N–H and O–H groups in total. The first-order chi connectivity index (χ1) is 7.75. The van der Waals surface area contributed by atoms with Crippen LogP contribution in [0.2, 0.25) is 5.15 Å². The molecule has 16 heavy (non-hydrogen) atoms. The number of ether oxygens (including phenoxy) is 1. The highest BCUT2D eigenvalue weighted by atomic mass is 35.5. The number of aromatic nitrogens is 1. The second-order valence-electron chi connectivity index (χ2n) is 3.21. The van der Waals surface area contributed by atoms with Crippen LogP contribution in [0.4, 0.5) is 4.39 Å². The lowest BCUT2D eigenvalue weighted by atomic mass is 10.3. The predicted molar refractivity (Wildman–Crippen MR) is 60.0 cm³/mol. The molecule has 2 rings (SSSR count). The Kier molecular flexibility index (Phi) is 3.37. The van der Waals surface area contributed by atoms with Gasteiger partial charge in [-0.25, -0.2) is 9.37 Å². The fraction of sp³-hybridized carbons (Fsp3) is 0.0833. The summed E-state index contributed by atoms with van der Waals surface area (Å²) >= 11 is 5.64. The Balaban J connectivity index is 2.02. The van der Waals surface area contributed by atoms with Gasteiger partial charge in [0.05, 0.1) is 0 Å². The highest BCUT2D eigenvalue weighted by Crippen LogP contribution is 2.17. The fourth-order valence-electron chi connectivity index (χ4n) is 1.21. The van der Waals surface area contributed by atoms with Gasteiger partial charge >= 0.3 is 0 Å². The van der Waals surface area contributed by atoms with E-state index in [1.807, 2.05) is 0 Å². The van der Waals surface area contributed by atoms with Gasteiger partial charge in [0.2, 0.25) is 0 Å². The number of para-hydroxylation sites is 1. The van der Waals surface area contributed by atoms with Crippen LogP contribution < -0.4 is 4.74 Å². The molecule has 0 radical (unpaired) electrons. The Morgan fingerprint density at radius 3 is 2.69 bits per heavy atom. The molecule has 0 saturated heterocycles. The predicted octanol–water partition coefficient (Wildman–Crippen LogP) is 3.45. The van der Waals surface area contributed by atoms with Crippen molar-refractivity contribution in [2.24, 2.45) is 0 Å². The molecule has 0 saturated carbocycles. The first kappa shape index (κ1) is 10.9. The van der Waals surface area contributed by atoms with Crippen LogP contribution in [0.3, 0.4) is 0 Å². The van der Waals surface area contributed by atoms with Gasteiger partial charge < -0.3 is 4.74 Å². The summed E-state index contributed by atoms with van der Waals surface area (Å²) in [6.07, 6.45) is 1.60. The molecular formula is C12H9ClFNO. The van der Waals surface area contributed by atoms with Gasteiger partial charge in [-0.05, 0) is 18.2 Å². The normalized spacial score (nSPS) is 10.1. The largest absolute Gasteiger partial charge is 0.486 e. The minimum Gasteiger partial charge on any atom is -0.486 e. The number of hydrogen-bond acceptors (Lipinski definition) is 2. The van der Waals surface area contributed by atoms with E-state index in [-0.39, 0.29) is 18.2 Å². The molecule has 0 unspecified atom stereocenters. The number of hydrogen-bond donors (Lipinski definition) is 0. The molecule has 0 atom stereocenters. The van der Waals surface area contributed by atoms with Gasteiger partial charge in [0, 0.05) is 11.8 Å². The lowest BCUT2D eigenvalue weighted by molar-refractivity contribution is 0.290. The van der Waals surface area contributed by atoms with E-state index < -0.39 is 0 Å². The number of pyridine rings is 1. The number of halogens is 2. The van der Waals surface area contributed by atoms with Crippen molar-refractivity contribution < 1.29 is 9.13 Å². The maximum Gasteiger partial charge on any atom is 0.165 e. The molecule has 1 aromatic carbocycles. The van der Waals surface area contributed by atoms with Crippen LogP contribution in [-0.2, 0) is 6.61 Å². The zero-order chi connectivity index (χ0) is 11.4. The second kappa shape index (κ2) is 4.94. The molecule has 1 aromatic heterocycles. The van der Waals surface area contributed by atoms with Crippen LogP contribution in [0.1, 0.15) is 5.56 Å². The van der Waals surface area contributed by atoms with E-state index in [0.29, 0.717) is 5.15 Å². The monoisotopic (exact) mass is 237 g/mol. The number of benzene rings is 1. The van der Waals surface area contributed by atoms with Crippen LogP contribution in [0, 0.1) is 5.82 Å². The van der Waals surface area contributed by atoms with E-state index in [2.05, 4.69) is 4.98 Å². The van der Waals surface area contributed by atoms with Crippen LogP contribution in [0.25, 0.3) is 0 Å². The summed E-state index contributed by atoms with van der Waals surface area (Å²) < 4.78 is 18.5. The Morgan fingerprint density at radius 1 is 1.19 bits per heavy atom. The van der Waals surface area contributed by atoms with Gasteiger partial charge in [-0.15, -0.1) is 0 Å². The van der Waals surface area contributed by atoms with Crippen molar-refractivity contribution in [3.8, 4) is 5.75 Å². The third-order valence-electron chi connectivity index (χ3n) is 2.02. The topological polar surface area (TPSA) is 22.1 Å². The van der Waals surface area contributed by atoms with Crippen LogP contribution in [0.15, 0.2) is 42.6 Å². The molecule has 0 bridgehead atoms. The van der Waals surface area contributed by atoms with Crippen molar-refractivity contribution in [1.82, 2.24) is 4.98 Å². The zero-order valence-corrected chi connectivity index (χ0v) is 9.12. The summed E-state index contributed by atoms with van der Waals surface area (Å²) in [6.45, 7) is 0.269. The van der Waals surface area contributed by atoms with Gasteiger partial charge in [0.1, 0.15) is 11.8 Å². The fourth-order valence-corrected chi connectivity index (χ4v) is 1.33. The first-order valence-electron chi connectivity index (χ1n) is 4.73. The maximum atomic E-state index is 13.2. The van der Waals surface area contributed by atoms with E-state index in [0.717, 1.165) is 5.56 Å². The summed E-state index contributed by atoms with van der Waals surface area (Å²) in [4.78, 5) is 3.91. The van der Waals surface area contributed by atoms with E-state index >= 15 is 0 Å². The lowest BCUT2D eigenvalue weighted by Gasteiger charge is -2.06. The van der Waals surface area contributed by atoms with Crippen molar-refractivity contribution in [2.45, 2.75) is 6.61 Å². The van der Waals surface area contributed by atoms with E-state index in [4.69, 9.17) is 16.3 Å². The van der Waals surface area contributed by atoms with Crippen molar-refractivity contribution in [1.29, 1.82) is 0 Å². The smallest absolute Gasteiger partial charge is 0.165 e. The molecule has 4 heteroatoms. The van der Waals surface area contributed by atoms with Crippen molar-refractivity contribution in [2.75, 3.05) is 0 Å². The van der Waals surface area contributed by atoms with Crippen molar-refractivity contribution in [3.63, 3.8) is 0 Å². The molecular weight excluding hydrogens is 229 g/mol. The van der Waals surface area contributed by atoms with E-state index in [1.54, 1.807) is 36.5 Å². The molecule has 0 fully saturated rings. The summed E-state index contributed by atoms with van der Waals surface area (Å²) in [7, 11) is 0. The Hall–Kier alpha value is -1.61. The molecule has 0 aliphatic rings. The highest BCUT2D eigenvalue weighted by Gasteiger charge is 2.01. The Bertz CT molecular complexity index is 473. The Labute approximate surface area is 97.7 Å². The lowest BCUT2D eigenvalue weighted by Crippen LogP contribution is -1.97. The molecule has 1 heterocycles. The molecule has 0 aliphatic heterocycles. The Morgan fingerprint density at radius 2 is 2.00 bits per heavy atom. The zero-order valence-electron chi connectivity index (χ0n) is 8.36. The van der Waals surface area contributed by atoms with Gasteiger partial charge in [-0.3, -0.25) is 0 Å². The minimum atomic E-state index is -0.371. The third kappa shape index (κ3) is 2.70. The molecule has 0 aliphatic carbocycles. The molecule has 2 nitrogen and oxygen atoms in total. The number of nitrogens with zero attached hydrogens (tertiary/aromatic N) is 1. The summed E-state index contributed by atoms with van der Waals surface area (Å²) in [5, 5.41) is 0.426. The molecule has 0 amide bonds. The van der Waals surface area contributed by atoms with Crippen molar-refractivity contribution in [3.05, 3.63) is 59.1 Å². The van der Waals surface area contributed by atoms with Crippen LogP contribution >= 0.6 is 11.6 Å². The highest BCUT2D eigenvalue weighted by molar-refractivity contribution is 6.29. The summed E-state index contributed by atoms with van der Waals surface area (Å²) in [5.41, 5.74) is 0.840. The van der Waals surface area contributed by atoms with Crippen LogP contribution in [-0.4, -0.2) is 4.98 Å². The average Bonchev–Trinajstić information content (AvgIpc) is 2.30. The van der Waals surface area contributed by atoms with Gasteiger partial charge in [-0.2, -0.15) is 0 Å². The van der Waals surface area contributed by atoms with Gasteiger partial charge in [0.15, 0.2) is 11.6 Å². The average molecular weight is 238 g/mol. The third-order valence-corrected chi connectivity index (χ3v) is 2.24. The molecule has 82 valence electrons. The van der Waals surface area contributed by atoms with Gasteiger partial charge in [-0.1, -0.05) is 29.8 Å². The van der Waals surface area contributed by atoms with Gasteiger partial charge in [0.25, 0.3) is 0 Å². The summed E-state index contributed by atoms with van der Waals surface area (Å²) in [5.74, 6) is -0.137. The number of rotatable bonds is 3. The molecule has 2 aromatic rings. The maximum absolute atomic E-state index is 13.2. The van der Waals surface area contributed by atoms with Crippen LogP contribution in [0.5, 0.6) is 5.75 Å². The first-order valence-corrected chi connectivity index (χ1v) is 5.11. The van der Waals surface area contributed by atoms with E-state index in [9.17, 15) is 4.39 Å². The van der Waals surface area contributed by atoms with Crippen molar-refractivity contribution >= 4 is 11.6 Å².